The maximum absolute atomic E-state index is 12.9. The van der Waals surface area contributed by atoms with Gasteiger partial charge in [0.1, 0.15) is 5.82 Å². The normalized spacial score (nSPS) is 12.3. The lowest BCUT2D eigenvalue weighted by Crippen LogP contribution is -2.08. The van der Waals surface area contributed by atoms with E-state index in [0.717, 1.165) is 0 Å². The van der Waals surface area contributed by atoms with E-state index in [1.807, 2.05) is 0 Å². The van der Waals surface area contributed by atoms with Crippen molar-refractivity contribution in [1.82, 2.24) is 0 Å². The molecule has 5 heteroatoms. The number of rotatable bonds is 3. The van der Waals surface area contributed by atoms with Crippen molar-refractivity contribution < 1.29 is 19.0 Å². The highest BCUT2D eigenvalue weighted by Crippen LogP contribution is 2.23. The van der Waals surface area contributed by atoms with E-state index in [4.69, 9.17) is 0 Å². The molecule has 1 aromatic carbocycles. The number of aliphatic hydroxyl groups is 1. The van der Waals surface area contributed by atoms with Gasteiger partial charge in [0, 0.05) is 0 Å². The van der Waals surface area contributed by atoms with Gasteiger partial charge in [-0.3, -0.25) is 4.79 Å². The molecule has 1 atom stereocenters. The lowest BCUT2D eigenvalue weighted by atomic mass is 10.1. The second-order valence-corrected chi connectivity index (χ2v) is 3.82. The third-order valence-electron chi connectivity index (χ3n) is 1.92. The van der Waals surface area contributed by atoms with Crippen molar-refractivity contribution in [2.75, 3.05) is 7.11 Å². The molecule has 1 rings (SSSR count). The highest BCUT2D eigenvalue weighted by molar-refractivity contribution is 9.10. The summed E-state index contributed by atoms with van der Waals surface area (Å²) in [4.78, 5) is 10.9. The van der Waals surface area contributed by atoms with Gasteiger partial charge in [-0.25, -0.2) is 4.39 Å². The van der Waals surface area contributed by atoms with Crippen LogP contribution >= 0.6 is 15.9 Å². The molecule has 0 spiro atoms. The minimum Gasteiger partial charge on any atom is -0.469 e. The Balaban J connectivity index is 2.78. The first-order valence-electron chi connectivity index (χ1n) is 4.24. The molecule has 1 N–H and O–H groups in total. The van der Waals surface area contributed by atoms with Gasteiger partial charge in [0.05, 0.1) is 24.1 Å². The Bertz CT molecular complexity index is 368. The van der Waals surface area contributed by atoms with Crippen LogP contribution in [0.15, 0.2) is 22.7 Å². The molecule has 0 aliphatic rings. The van der Waals surface area contributed by atoms with Crippen LogP contribution in [0.5, 0.6) is 0 Å². The Morgan fingerprint density at radius 1 is 1.67 bits per heavy atom. The highest BCUT2D eigenvalue weighted by atomic mass is 79.9. The Morgan fingerprint density at radius 2 is 2.33 bits per heavy atom. The summed E-state index contributed by atoms with van der Waals surface area (Å²) >= 11 is 3.00. The number of hydrogen-bond donors (Lipinski definition) is 1. The number of aliphatic hydroxyl groups excluding tert-OH is 1. The molecule has 0 bridgehead atoms. The lowest BCUT2D eigenvalue weighted by Gasteiger charge is -2.09. The average molecular weight is 277 g/mol. The second-order valence-electron chi connectivity index (χ2n) is 2.97. The summed E-state index contributed by atoms with van der Waals surface area (Å²) < 4.78 is 17.5. The van der Waals surface area contributed by atoms with Crippen molar-refractivity contribution in [2.24, 2.45) is 0 Å². The maximum atomic E-state index is 12.9. The van der Waals surface area contributed by atoms with Crippen LogP contribution in [0.25, 0.3) is 0 Å². The Hall–Kier alpha value is -0.940. The van der Waals surface area contributed by atoms with Gasteiger partial charge in [-0.2, -0.15) is 0 Å². The number of benzene rings is 1. The first kappa shape index (κ1) is 12.1. The van der Waals surface area contributed by atoms with E-state index < -0.39 is 17.9 Å². The van der Waals surface area contributed by atoms with Crippen molar-refractivity contribution in [2.45, 2.75) is 12.5 Å². The molecule has 0 aromatic heterocycles. The van der Waals surface area contributed by atoms with E-state index in [2.05, 4.69) is 20.7 Å². The van der Waals surface area contributed by atoms with E-state index >= 15 is 0 Å². The van der Waals surface area contributed by atoms with Crippen LogP contribution in [-0.4, -0.2) is 18.2 Å². The zero-order chi connectivity index (χ0) is 11.4. The number of carbonyl (C=O) groups excluding carboxylic acids is 1. The van der Waals surface area contributed by atoms with Crippen LogP contribution in [0.1, 0.15) is 18.1 Å². The van der Waals surface area contributed by atoms with E-state index in [-0.39, 0.29) is 10.9 Å². The van der Waals surface area contributed by atoms with Gasteiger partial charge in [-0.05, 0) is 33.6 Å². The summed E-state index contributed by atoms with van der Waals surface area (Å²) in [7, 11) is 1.25. The van der Waals surface area contributed by atoms with E-state index in [0.29, 0.717) is 5.56 Å². The predicted octanol–water partition coefficient (Wildman–Crippen LogP) is 2.18. The molecular formula is C10H10BrFO3. The summed E-state index contributed by atoms with van der Waals surface area (Å²) in [6.45, 7) is 0. The molecule has 0 heterocycles. The fourth-order valence-corrected chi connectivity index (χ4v) is 1.48. The summed E-state index contributed by atoms with van der Waals surface area (Å²) in [6.07, 6.45) is -1.12. The first-order valence-corrected chi connectivity index (χ1v) is 5.03. The molecule has 82 valence electrons. The quantitative estimate of drug-likeness (QED) is 0.861. The van der Waals surface area contributed by atoms with Gasteiger partial charge in [-0.1, -0.05) is 6.07 Å². The van der Waals surface area contributed by atoms with Gasteiger partial charge in [0.25, 0.3) is 0 Å². The molecule has 0 radical (unpaired) electrons. The Morgan fingerprint density at radius 3 is 2.87 bits per heavy atom. The Labute approximate surface area is 95.0 Å². The molecule has 3 nitrogen and oxygen atoms in total. The van der Waals surface area contributed by atoms with Crippen LogP contribution in [0.4, 0.5) is 4.39 Å². The minimum atomic E-state index is -0.977. The van der Waals surface area contributed by atoms with Crippen molar-refractivity contribution in [3.05, 3.63) is 34.1 Å². The van der Waals surface area contributed by atoms with Crippen LogP contribution in [-0.2, 0) is 9.53 Å². The number of esters is 1. The SMILES string of the molecule is COC(=O)C[C@@H](O)c1ccc(F)c(Br)c1. The summed E-state index contributed by atoms with van der Waals surface area (Å²) in [5.74, 6) is -0.924. The largest absolute Gasteiger partial charge is 0.469 e. The van der Waals surface area contributed by atoms with Crippen molar-refractivity contribution in [3.63, 3.8) is 0 Å². The average Bonchev–Trinajstić information content (AvgIpc) is 2.21. The molecule has 1 aromatic rings. The third-order valence-corrected chi connectivity index (χ3v) is 2.52. The zero-order valence-corrected chi connectivity index (χ0v) is 9.62. The van der Waals surface area contributed by atoms with Crippen LogP contribution < -0.4 is 0 Å². The van der Waals surface area contributed by atoms with Crippen LogP contribution in [0, 0.1) is 5.82 Å². The van der Waals surface area contributed by atoms with Gasteiger partial charge in [0.2, 0.25) is 0 Å². The number of carbonyl (C=O) groups is 1. The number of ether oxygens (including phenoxy) is 1. The predicted molar refractivity (Wildman–Crippen MR) is 55.7 cm³/mol. The van der Waals surface area contributed by atoms with Gasteiger partial charge in [0.15, 0.2) is 0 Å². The number of halogens is 2. The molecule has 0 unspecified atom stereocenters. The summed E-state index contributed by atoms with van der Waals surface area (Å²) in [5.41, 5.74) is 0.466. The highest BCUT2D eigenvalue weighted by Gasteiger charge is 2.14. The zero-order valence-electron chi connectivity index (χ0n) is 8.04. The molecule has 0 fully saturated rings. The van der Waals surface area contributed by atoms with Crippen LogP contribution in [0.3, 0.4) is 0 Å². The minimum absolute atomic E-state index is 0.144. The lowest BCUT2D eigenvalue weighted by molar-refractivity contribution is -0.142. The first-order chi connectivity index (χ1) is 7.04. The topological polar surface area (TPSA) is 46.5 Å². The molecule has 0 aliphatic heterocycles. The monoisotopic (exact) mass is 276 g/mol. The molecule has 0 saturated heterocycles. The van der Waals surface area contributed by atoms with E-state index in [1.54, 1.807) is 0 Å². The smallest absolute Gasteiger partial charge is 0.308 e. The van der Waals surface area contributed by atoms with Gasteiger partial charge < -0.3 is 9.84 Å². The van der Waals surface area contributed by atoms with E-state index in [9.17, 15) is 14.3 Å². The molecule has 15 heavy (non-hydrogen) atoms. The maximum Gasteiger partial charge on any atom is 0.308 e. The third kappa shape index (κ3) is 3.28. The number of hydrogen-bond acceptors (Lipinski definition) is 3. The molecular weight excluding hydrogens is 267 g/mol. The second kappa shape index (κ2) is 5.23. The Kier molecular flexibility index (Phi) is 4.23. The van der Waals surface area contributed by atoms with Crippen LogP contribution in [0.2, 0.25) is 0 Å². The van der Waals surface area contributed by atoms with Gasteiger partial charge >= 0.3 is 5.97 Å². The molecule has 0 aliphatic carbocycles. The van der Waals surface area contributed by atoms with Gasteiger partial charge in [-0.15, -0.1) is 0 Å². The molecule has 0 amide bonds. The summed E-state index contributed by atoms with van der Waals surface area (Å²) in [5, 5.41) is 9.59. The summed E-state index contributed by atoms with van der Waals surface area (Å²) in [6, 6.07) is 4.08. The molecule has 0 saturated carbocycles. The van der Waals surface area contributed by atoms with E-state index in [1.165, 1.54) is 25.3 Å². The van der Waals surface area contributed by atoms with Crippen molar-refractivity contribution >= 4 is 21.9 Å². The fourth-order valence-electron chi connectivity index (χ4n) is 1.08. The van der Waals surface area contributed by atoms with Crippen molar-refractivity contribution in [1.29, 1.82) is 0 Å². The van der Waals surface area contributed by atoms with Crippen molar-refractivity contribution in [3.8, 4) is 0 Å². The standard InChI is InChI=1S/C10H10BrFO3/c1-15-10(14)5-9(13)6-2-3-8(12)7(11)4-6/h2-4,9,13H,5H2,1H3/t9-/m1/s1. The fraction of sp³-hybridized carbons (Fsp3) is 0.300. The number of methoxy groups -OCH3 is 1.